The minimum atomic E-state index is 0.415. The fourth-order valence-electron chi connectivity index (χ4n) is 2.20. The maximum Gasteiger partial charge on any atom is 0.0547 e. The minimum Gasteiger partial charge on any atom is -0.330 e. The molecule has 0 radical (unpaired) electrons. The standard InChI is InChI=1S/C13H21N3/c1-11-4-3-5-12(15-11)8-16(2)10-13(9-14)6-7-13/h3-5H,6-10,14H2,1-2H3. The van der Waals surface area contributed by atoms with Crippen molar-refractivity contribution in [2.45, 2.75) is 26.3 Å². The number of nitrogens with zero attached hydrogens (tertiary/aromatic N) is 2. The molecule has 1 heterocycles. The van der Waals surface area contributed by atoms with Crippen LogP contribution in [0, 0.1) is 12.3 Å². The summed E-state index contributed by atoms with van der Waals surface area (Å²) in [6.07, 6.45) is 2.57. The Kier molecular flexibility index (Phi) is 3.26. The lowest BCUT2D eigenvalue weighted by molar-refractivity contribution is 0.257. The van der Waals surface area contributed by atoms with E-state index < -0.39 is 0 Å². The van der Waals surface area contributed by atoms with E-state index >= 15 is 0 Å². The molecule has 2 N–H and O–H groups in total. The summed E-state index contributed by atoms with van der Waals surface area (Å²) in [5, 5.41) is 0. The smallest absolute Gasteiger partial charge is 0.0547 e. The molecule has 1 aliphatic rings. The van der Waals surface area contributed by atoms with Gasteiger partial charge in [0.25, 0.3) is 0 Å². The van der Waals surface area contributed by atoms with Crippen LogP contribution in [0.5, 0.6) is 0 Å². The predicted molar refractivity (Wildman–Crippen MR) is 66.0 cm³/mol. The Hall–Kier alpha value is -0.930. The van der Waals surface area contributed by atoms with Gasteiger partial charge in [-0.05, 0) is 50.9 Å². The maximum absolute atomic E-state index is 5.79. The molecular weight excluding hydrogens is 198 g/mol. The largest absolute Gasteiger partial charge is 0.330 e. The van der Waals surface area contributed by atoms with Crippen molar-refractivity contribution in [3.8, 4) is 0 Å². The van der Waals surface area contributed by atoms with E-state index in [1.54, 1.807) is 0 Å². The van der Waals surface area contributed by atoms with Crippen molar-refractivity contribution in [2.24, 2.45) is 11.1 Å². The monoisotopic (exact) mass is 219 g/mol. The molecule has 0 atom stereocenters. The van der Waals surface area contributed by atoms with Crippen LogP contribution >= 0.6 is 0 Å². The molecule has 16 heavy (non-hydrogen) atoms. The van der Waals surface area contributed by atoms with Gasteiger partial charge in [0.2, 0.25) is 0 Å². The number of nitrogens with two attached hydrogens (primary N) is 1. The molecule has 1 aliphatic carbocycles. The van der Waals surface area contributed by atoms with Gasteiger partial charge in [0.15, 0.2) is 0 Å². The molecule has 0 amide bonds. The Bertz CT molecular complexity index is 358. The van der Waals surface area contributed by atoms with Gasteiger partial charge in [-0.1, -0.05) is 6.07 Å². The highest BCUT2D eigenvalue weighted by Crippen LogP contribution is 2.44. The highest BCUT2D eigenvalue weighted by Gasteiger charge is 2.41. The van der Waals surface area contributed by atoms with Crippen LogP contribution in [0.4, 0.5) is 0 Å². The number of hydrogen-bond acceptors (Lipinski definition) is 3. The van der Waals surface area contributed by atoms with E-state index in [2.05, 4.69) is 29.1 Å². The fraction of sp³-hybridized carbons (Fsp3) is 0.615. The van der Waals surface area contributed by atoms with Crippen LogP contribution in [0.25, 0.3) is 0 Å². The lowest BCUT2D eigenvalue weighted by Crippen LogP contribution is -2.31. The van der Waals surface area contributed by atoms with Gasteiger partial charge in [-0.2, -0.15) is 0 Å². The van der Waals surface area contributed by atoms with E-state index in [9.17, 15) is 0 Å². The van der Waals surface area contributed by atoms with Gasteiger partial charge in [-0.3, -0.25) is 9.88 Å². The predicted octanol–water partition coefficient (Wildman–Crippen LogP) is 1.56. The molecular formula is C13H21N3. The normalized spacial score (nSPS) is 17.8. The quantitative estimate of drug-likeness (QED) is 0.817. The summed E-state index contributed by atoms with van der Waals surface area (Å²) in [6.45, 7) is 4.87. The van der Waals surface area contributed by atoms with Crippen LogP contribution < -0.4 is 5.73 Å². The number of rotatable bonds is 5. The van der Waals surface area contributed by atoms with Gasteiger partial charge in [0.05, 0.1) is 5.69 Å². The first-order chi connectivity index (χ1) is 7.63. The summed E-state index contributed by atoms with van der Waals surface area (Å²) < 4.78 is 0. The van der Waals surface area contributed by atoms with Gasteiger partial charge < -0.3 is 5.73 Å². The summed E-state index contributed by atoms with van der Waals surface area (Å²) >= 11 is 0. The van der Waals surface area contributed by atoms with E-state index in [1.807, 2.05) is 13.0 Å². The zero-order valence-corrected chi connectivity index (χ0v) is 10.2. The van der Waals surface area contributed by atoms with Crippen molar-refractivity contribution in [1.82, 2.24) is 9.88 Å². The number of pyridine rings is 1. The summed E-state index contributed by atoms with van der Waals surface area (Å²) in [6, 6.07) is 6.19. The third kappa shape index (κ3) is 2.80. The van der Waals surface area contributed by atoms with Crippen molar-refractivity contribution in [1.29, 1.82) is 0 Å². The molecule has 0 spiro atoms. The van der Waals surface area contributed by atoms with Crippen LogP contribution in [0.3, 0.4) is 0 Å². The Balaban J connectivity index is 1.89. The first-order valence-electron chi connectivity index (χ1n) is 5.95. The van der Waals surface area contributed by atoms with Crippen molar-refractivity contribution in [3.63, 3.8) is 0 Å². The van der Waals surface area contributed by atoms with Gasteiger partial charge in [0.1, 0.15) is 0 Å². The van der Waals surface area contributed by atoms with Crippen LogP contribution in [-0.2, 0) is 6.54 Å². The first-order valence-corrected chi connectivity index (χ1v) is 5.95. The average Bonchev–Trinajstić information content (AvgIpc) is 2.98. The highest BCUT2D eigenvalue weighted by molar-refractivity contribution is 5.10. The molecule has 3 heteroatoms. The van der Waals surface area contributed by atoms with Gasteiger partial charge in [-0.15, -0.1) is 0 Å². The average molecular weight is 219 g/mol. The molecule has 2 rings (SSSR count). The molecule has 3 nitrogen and oxygen atoms in total. The summed E-state index contributed by atoms with van der Waals surface area (Å²) in [7, 11) is 2.15. The van der Waals surface area contributed by atoms with Crippen LogP contribution in [0.2, 0.25) is 0 Å². The Morgan fingerprint density at radius 1 is 1.44 bits per heavy atom. The van der Waals surface area contributed by atoms with Crippen molar-refractivity contribution >= 4 is 0 Å². The van der Waals surface area contributed by atoms with Crippen LogP contribution in [-0.4, -0.2) is 30.0 Å². The lowest BCUT2D eigenvalue weighted by Gasteiger charge is -2.22. The van der Waals surface area contributed by atoms with Gasteiger partial charge >= 0.3 is 0 Å². The molecule has 0 saturated heterocycles. The number of aromatic nitrogens is 1. The SMILES string of the molecule is Cc1cccc(CN(C)CC2(CN)CC2)n1. The Morgan fingerprint density at radius 2 is 2.19 bits per heavy atom. The van der Waals surface area contributed by atoms with E-state index in [-0.39, 0.29) is 0 Å². The van der Waals surface area contributed by atoms with Gasteiger partial charge in [0, 0.05) is 18.8 Å². The van der Waals surface area contributed by atoms with E-state index in [1.165, 1.54) is 12.8 Å². The zero-order valence-electron chi connectivity index (χ0n) is 10.2. The van der Waals surface area contributed by atoms with E-state index in [0.29, 0.717) is 5.41 Å². The lowest BCUT2D eigenvalue weighted by atomic mass is 10.1. The molecule has 88 valence electrons. The second kappa shape index (κ2) is 4.52. The maximum atomic E-state index is 5.79. The van der Waals surface area contributed by atoms with E-state index in [0.717, 1.165) is 31.0 Å². The molecule has 1 aromatic heterocycles. The third-order valence-electron chi connectivity index (χ3n) is 3.37. The van der Waals surface area contributed by atoms with Crippen LogP contribution in [0.1, 0.15) is 24.2 Å². The second-order valence-electron chi connectivity index (χ2n) is 5.15. The second-order valence-corrected chi connectivity index (χ2v) is 5.15. The number of hydrogen-bond donors (Lipinski definition) is 1. The molecule has 1 aromatic rings. The number of aryl methyl sites for hydroxylation is 1. The summed E-state index contributed by atoms with van der Waals surface area (Å²) in [4.78, 5) is 6.85. The summed E-state index contributed by atoms with van der Waals surface area (Å²) in [5.41, 5.74) is 8.44. The van der Waals surface area contributed by atoms with Crippen molar-refractivity contribution in [3.05, 3.63) is 29.6 Å². The molecule has 1 saturated carbocycles. The molecule has 1 fully saturated rings. The summed E-state index contributed by atoms with van der Waals surface area (Å²) in [5.74, 6) is 0. The van der Waals surface area contributed by atoms with Crippen molar-refractivity contribution in [2.75, 3.05) is 20.1 Å². The van der Waals surface area contributed by atoms with Gasteiger partial charge in [-0.25, -0.2) is 0 Å². The Morgan fingerprint density at radius 3 is 2.75 bits per heavy atom. The first kappa shape index (κ1) is 11.6. The molecule has 0 bridgehead atoms. The fourth-order valence-corrected chi connectivity index (χ4v) is 2.20. The molecule has 0 aromatic carbocycles. The van der Waals surface area contributed by atoms with Crippen LogP contribution in [0.15, 0.2) is 18.2 Å². The Labute approximate surface area is 97.7 Å². The highest BCUT2D eigenvalue weighted by atomic mass is 15.1. The molecule has 0 aliphatic heterocycles. The topological polar surface area (TPSA) is 42.1 Å². The molecule has 0 unspecified atom stereocenters. The zero-order chi connectivity index (χ0) is 11.6. The minimum absolute atomic E-state index is 0.415. The van der Waals surface area contributed by atoms with E-state index in [4.69, 9.17) is 5.73 Å². The van der Waals surface area contributed by atoms with Crippen molar-refractivity contribution < 1.29 is 0 Å². The third-order valence-corrected chi connectivity index (χ3v) is 3.37.